The first kappa shape index (κ1) is 9.95. The number of rotatable bonds is 1. The van der Waals surface area contributed by atoms with Gasteiger partial charge in [-0.3, -0.25) is 0 Å². The van der Waals surface area contributed by atoms with E-state index in [2.05, 4.69) is 0 Å². The van der Waals surface area contributed by atoms with Crippen molar-refractivity contribution < 1.29 is 19.5 Å². The number of aromatic hydroxyl groups is 1. The molecule has 0 amide bonds. The summed E-state index contributed by atoms with van der Waals surface area (Å²) in [6.45, 7) is 0. The molecule has 0 radical (unpaired) electrons. The maximum Gasteiger partial charge on any atom is 0.489 e. The van der Waals surface area contributed by atoms with Crippen molar-refractivity contribution in [2.45, 2.75) is 0 Å². The van der Waals surface area contributed by atoms with Crippen molar-refractivity contribution in [2.24, 2.45) is 0 Å². The van der Waals surface area contributed by atoms with Crippen LogP contribution in [-0.4, -0.2) is 22.3 Å². The Bertz CT molecular complexity index is 513. The first-order valence-electron chi connectivity index (χ1n) is 4.37. The average molecular weight is 206 g/mol. The molecular formula is C10H8BFO3. The normalized spacial score (nSPS) is 10.6. The van der Waals surface area contributed by atoms with Crippen LogP contribution in [0.5, 0.6) is 5.75 Å². The number of fused-ring (bicyclic) bond motifs is 1. The van der Waals surface area contributed by atoms with E-state index in [1.807, 2.05) is 0 Å². The zero-order valence-corrected chi connectivity index (χ0v) is 7.68. The van der Waals surface area contributed by atoms with E-state index in [1.165, 1.54) is 18.2 Å². The van der Waals surface area contributed by atoms with Crippen molar-refractivity contribution in [1.82, 2.24) is 0 Å². The molecule has 0 atom stereocenters. The van der Waals surface area contributed by atoms with Crippen LogP contribution in [-0.2, 0) is 0 Å². The molecule has 2 aromatic carbocycles. The van der Waals surface area contributed by atoms with Crippen LogP contribution in [0.15, 0.2) is 30.3 Å². The van der Waals surface area contributed by atoms with Gasteiger partial charge in [-0.15, -0.1) is 0 Å². The molecule has 15 heavy (non-hydrogen) atoms. The van der Waals surface area contributed by atoms with Crippen LogP contribution in [0.4, 0.5) is 4.39 Å². The highest BCUT2D eigenvalue weighted by atomic mass is 19.1. The fourth-order valence-electron chi connectivity index (χ4n) is 1.60. The molecule has 2 rings (SSSR count). The van der Waals surface area contributed by atoms with Gasteiger partial charge in [0.25, 0.3) is 0 Å². The molecule has 0 saturated heterocycles. The highest BCUT2D eigenvalue weighted by molar-refractivity contribution is 6.62. The second-order valence-corrected chi connectivity index (χ2v) is 3.25. The molecule has 0 saturated carbocycles. The fraction of sp³-hybridized carbons (Fsp3) is 0. The molecule has 0 unspecified atom stereocenters. The molecule has 0 aliphatic carbocycles. The average Bonchev–Trinajstić information content (AvgIpc) is 2.16. The predicted octanol–water partition coefficient (Wildman–Crippen LogP) is 0.364. The second kappa shape index (κ2) is 3.53. The van der Waals surface area contributed by atoms with Gasteiger partial charge in [-0.2, -0.15) is 0 Å². The Labute approximate surface area is 85.6 Å². The first-order chi connectivity index (χ1) is 7.09. The van der Waals surface area contributed by atoms with Crippen molar-refractivity contribution in [3.05, 3.63) is 36.1 Å². The summed E-state index contributed by atoms with van der Waals surface area (Å²) in [6, 6.07) is 6.81. The van der Waals surface area contributed by atoms with E-state index in [9.17, 15) is 9.50 Å². The Balaban J connectivity index is 2.88. The minimum Gasteiger partial charge on any atom is -0.508 e. The molecule has 0 heterocycles. The number of halogens is 1. The predicted molar refractivity (Wildman–Crippen MR) is 55.4 cm³/mol. The zero-order valence-electron chi connectivity index (χ0n) is 7.68. The zero-order chi connectivity index (χ0) is 11.0. The Morgan fingerprint density at radius 1 is 1.13 bits per heavy atom. The summed E-state index contributed by atoms with van der Waals surface area (Å²) in [5, 5.41) is 27.9. The van der Waals surface area contributed by atoms with E-state index >= 15 is 0 Å². The van der Waals surface area contributed by atoms with E-state index in [0.717, 1.165) is 6.07 Å². The van der Waals surface area contributed by atoms with Gasteiger partial charge in [0.2, 0.25) is 0 Å². The minimum absolute atomic E-state index is 0.0388. The lowest BCUT2D eigenvalue weighted by Gasteiger charge is -2.07. The Morgan fingerprint density at radius 3 is 2.53 bits per heavy atom. The van der Waals surface area contributed by atoms with Crippen molar-refractivity contribution in [2.75, 3.05) is 0 Å². The lowest BCUT2D eigenvalue weighted by Crippen LogP contribution is -2.30. The van der Waals surface area contributed by atoms with Crippen LogP contribution in [0.2, 0.25) is 0 Å². The largest absolute Gasteiger partial charge is 0.508 e. The third kappa shape index (κ3) is 1.67. The van der Waals surface area contributed by atoms with E-state index in [-0.39, 0.29) is 16.6 Å². The minimum atomic E-state index is -1.81. The van der Waals surface area contributed by atoms with Gasteiger partial charge >= 0.3 is 7.12 Å². The van der Waals surface area contributed by atoms with Crippen LogP contribution in [0, 0.1) is 5.82 Å². The molecule has 0 aliphatic heterocycles. The maximum absolute atomic E-state index is 13.4. The molecule has 2 aromatic rings. The third-order valence-electron chi connectivity index (χ3n) is 2.22. The molecule has 0 aromatic heterocycles. The maximum atomic E-state index is 13.4. The van der Waals surface area contributed by atoms with Crippen molar-refractivity contribution in [1.29, 1.82) is 0 Å². The Morgan fingerprint density at radius 2 is 1.87 bits per heavy atom. The second-order valence-electron chi connectivity index (χ2n) is 3.25. The summed E-state index contributed by atoms with van der Waals surface area (Å²) in [6.07, 6.45) is 0. The van der Waals surface area contributed by atoms with E-state index in [0.29, 0.717) is 5.39 Å². The standard InChI is InChI=1S/C10H8BFO3/c12-9-3-1-2-6-4-7(13)5-8(10(6)9)11(14)15/h1-5,13-15H. The molecule has 0 aliphatic rings. The summed E-state index contributed by atoms with van der Waals surface area (Å²) in [4.78, 5) is 0. The number of phenols is 1. The lowest BCUT2D eigenvalue weighted by atomic mass is 9.77. The van der Waals surface area contributed by atoms with Crippen molar-refractivity contribution in [3.8, 4) is 5.75 Å². The van der Waals surface area contributed by atoms with Crippen LogP contribution >= 0.6 is 0 Å². The van der Waals surface area contributed by atoms with Gasteiger partial charge in [0.15, 0.2) is 0 Å². The number of phenolic OH excluding ortho intramolecular Hbond substituents is 1. The fourth-order valence-corrected chi connectivity index (χ4v) is 1.60. The summed E-state index contributed by atoms with van der Waals surface area (Å²) in [5.41, 5.74) is -0.0388. The smallest absolute Gasteiger partial charge is 0.489 e. The summed E-state index contributed by atoms with van der Waals surface area (Å²) in [5.74, 6) is -0.674. The van der Waals surface area contributed by atoms with E-state index < -0.39 is 12.9 Å². The first-order valence-corrected chi connectivity index (χ1v) is 4.37. The molecule has 76 valence electrons. The number of hydrogen-bond acceptors (Lipinski definition) is 3. The summed E-state index contributed by atoms with van der Waals surface area (Å²) < 4.78 is 13.4. The highest BCUT2D eigenvalue weighted by Gasteiger charge is 2.18. The Hall–Kier alpha value is -1.59. The third-order valence-corrected chi connectivity index (χ3v) is 2.22. The van der Waals surface area contributed by atoms with Gasteiger partial charge in [0.1, 0.15) is 11.6 Å². The Kier molecular flexibility index (Phi) is 2.34. The molecule has 3 N–H and O–H groups in total. The van der Waals surface area contributed by atoms with E-state index in [4.69, 9.17) is 10.0 Å². The van der Waals surface area contributed by atoms with E-state index in [1.54, 1.807) is 6.07 Å². The van der Waals surface area contributed by atoms with Gasteiger partial charge in [0.05, 0.1) is 0 Å². The molecular weight excluding hydrogens is 198 g/mol. The number of hydrogen-bond donors (Lipinski definition) is 3. The van der Waals surface area contributed by atoms with Gasteiger partial charge in [-0.25, -0.2) is 4.39 Å². The van der Waals surface area contributed by atoms with Gasteiger partial charge < -0.3 is 15.2 Å². The van der Waals surface area contributed by atoms with Crippen LogP contribution in [0.25, 0.3) is 10.8 Å². The van der Waals surface area contributed by atoms with Gasteiger partial charge in [-0.05, 0) is 29.0 Å². The van der Waals surface area contributed by atoms with Crippen molar-refractivity contribution in [3.63, 3.8) is 0 Å². The topological polar surface area (TPSA) is 60.7 Å². The summed E-state index contributed by atoms with van der Waals surface area (Å²) in [7, 11) is -1.81. The molecule has 0 bridgehead atoms. The highest BCUT2D eigenvalue weighted by Crippen LogP contribution is 2.20. The molecule has 3 nitrogen and oxygen atoms in total. The molecule has 0 fully saturated rings. The van der Waals surface area contributed by atoms with Crippen LogP contribution in [0.1, 0.15) is 0 Å². The van der Waals surface area contributed by atoms with Gasteiger partial charge in [0, 0.05) is 5.39 Å². The molecule has 0 spiro atoms. The van der Waals surface area contributed by atoms with Crippen LogP contribution in [0.3, 0.4) is 0 Å². The lowest BCUT2D eigenvalue weighted by molar-refractivity contribution is 0.425. The number of benzene rings is 2. The summed E-state index contributed by atoms with van der Waals surface area (Å²) >= 11 is 0. The van der Waals surface area contributed by atoms with Gasteiger partial charge in [-0.1, -0.05) is 12.1 Å². The SMILES string of the molecule is OB(O)c1cc(O)cc2cccc(F)c12. The van der Waals surface area contributed by atoms with Crippen molar-refractivity contribution >= 4 is 23.4 Å². The van der Waals surface area contributed by atoms with Crippen LogP contribution < -0.4 is 5.46 Å². The monoisotopic (exact) mass is 206 g/mol. The quantitative estimate of drug-likeness (QED) is 0.590. The molecule has 5 heteroatoms.